The van der Waals surface area contributed by atoms with Crippen LogP contribution >= 0.6 is 0 Å². The molecule has 0 atom stereocenters. The minimum atomic E-state index is -0.274. The van der Waals surface area contributed by atoms with Crippen LogP contribution in [0.3, 0.4) is 0 Å². The molecule has 88 valence electrons. The summed E-state index contributed by atoms with van der Waals surface area (Å²) in [4.78, 5) is 13.9. The highest BCUT2D eigenvalue weighted by Crippen LogP contribution is 2.11. The summed E-state index contributed by atoms with van der Waals surface area (Å²) in [6.07, 6.45) is 0. The molecule has 1 fully saturated rings. The minimum absolute atomic E-state index is 0.137. The number of piperazine rings is 1. The van der Waals surface area contributed by atoms with E-state index in [4.69, 9.17) is 0 Å². The van der Waals surface area contributed by atoms with Gasteiger partial charge in [-0.05, 0) is 0 Å². The number of nitrogens with one attached hydrogen (secondary N) is 2. The van der Waals surface area contributed by atoms with E-state index in [2.05, 4.69) is 15.5 Å². The molecular weight excluding hydrogens is 190 g/mol. The van der Waals surface area contributed by atoms with Crippen molar-refractivity contribution < 1.29 is 4.79 Å². The summed E-state index contributed by atoms with van der Waals surface area (Å²) in [6, 6.07) is 0. The molecule has 1 amide bonds. The molecule has 4 nitrogen and oxygen atoms in total. The van der Waals surface area contributed by atoms with Crippen molar-refractivity contribution in [3.05, 3.63) is 0 Å². The van der Waals surface area contributed by atoms with Crippen molar-refractivity contribution in [1.82, 2.24) is 15.5 Å². The number of nitrogens with zero attached hydrogens (tertiary/aromatic N) is 1. The first kappa shape index (κ1) is 12.5. The quantitative estimate of drug-likeness (QED) is 0.696. The topological polar surface area (TPSA) is 44.4 Å². The van der Waals surface area contributed by atoms with E-state index < -0.39 is 0 Å². The van der Waals surface area contributed by atoms with Crippen LogP contribution < -0.4 is 10.6 Å². The first-order valence-electron chi connectivity index (χ1n) is 5.71. The summed E-state index contributed by atoms with van der Waals surface area (Å²) < 4.78 is 0. The van der Waals surface area contributed by atoms with Gasteiger partial charge in [0.15, 0.2) is 0 Å². The minimum Gasteiger partial charge on any atom is -0.354 e. The molecule has 1 saturated heterocycles. The number of carbonyl (C=O) groups excluding carboxylic acids is 1. The summed E-state index contributed by atoms with van der Waals surface area (Å²) in [5.41, 5.74) is -0.274. The first-order valence-corrected chi connectivity index (χ1v) is 5.71. The van der Waals surface area contributed by atoms with Crippen LogP contribution in [0, 0.1) is 5.41 Å². The lowest BCUT2D eigenvalue weighted by molar-refractivity contribution is -0.128. The third-order valence-corrected chi connectivity index (χ3v) is 2.60. The van der Waals surface area contributed by atoms with Crippen molar-refractivity contribution in [3.8, 4) is 0 Å². The van der Waals surface area contributed by atoms with E-state index in [0.29, 0.717) is 0 Å². The Balaban J connectivity index is 2.12. The van der Waals surface area contributed by atoms with Gasteiger partial charge in [0.1, 0.15) is 0 Å². The molecule has 0 aromatic heterocycles. The third-order valence-electron chi connectivity index (χ3n) is 2.60. The zero-order valence-corrected chi connectivity index (χ0v) is 10.1. The monoisotopic (exact) mass is 213 g/mol. The average Bonchev–Trinajstić information content (AvgIpc) is 2.18. The average molecular weight is 213 g/mol. The molecule has 1 heterocycles. The van der Waals surface area contributed by atoms with Gasteiger partial charge in [-0.1, -0.05) is 20.8 Å². The largest absolute Gasteiger partial charge is 0.354 e. The molecule has 1 rings (SSSR count). The molecule has 2 N–H and O–H groups in total. The molecule has 0 unspecified atom stereocenters. The van der Waals surface area contributed by atoms with Crippen LogP contribution in [0.1, 0.15) is 20.8 Å². The van der Waals surface area contributed by atoms with E-state index >= 15 is 0 Å². The van der Waals surface area contributed by atoms with Crippen LogP contribution in [0.2, 0.25) is 0 Å². The Morgan fingerprint density at radius 1 is 1.33 bits per heavy atom. The lowest BCUT2D eigenvalue weighted by Gasteiger charge is -2.27. The zero-order valence-electron chi connectivity index (χ0n) is 10.1. The Labute approximate surface area is 92.4 Å². The van der Waals surface area contributed by atoms with Gasteiger partial charge >= 0.3 is 0 Å². The van der Waals surface area contributed by atoms with Crippen molar-refractivity contribution in [2.75, 3.05) is 39.3 Å². The molecule has 1 aliphatic rings. The molecule has 1 aliphatic heterocycles. The highest BCUT2D eigenvalue weighted by Gasteiger charge is 2.20. The van der Waals surface area contributed by atoms with Gasteiger partial charge in [-0.25, -0.2) is 0 Å². The summed E-state index contributed by atoms with van der Waals surface area (Å²) >= 11 is 0. The van der Waals surface area contributed by atoms with Crippen molar-refractivity contribution in [2.45, 2.75) is 20.8 Å². The van der Waals surface area contributed by atoms with Gasteiger partial charge in [-0.15, -0.1) is 0 Å². The van der Waals surface area contributed by atoms with Crippen molar-refractivity contribution >= 4 is 5.91 Å². The maximum absolute atomic E-state index is 11.6. The molecule has 0 aliphatic carbocycles. The molecular formula is C11H23N3O. The zero-order chi connectivity index (χ0) is 11.3. The second-order valence-electron chi connectivity index (χ2n) is 5.10. The fourth-order valence-corrected chi connectivity index (χ4v) is 1.53. The third kappa shape index (κ3) is 4.62. The van der Waals surface area contributed by atoms with Gasteiger partial charge < -0.3 is 10.6 Å². The van der Waals surface area contributed by atoms with Crippen LogP contribution in [0.15, 0.2) is 0 Å². The van der Waals surface area contributed by atoms with Gasteiger partial charge in [0, 0.05) is 44.7 Å². The highest BCUT2D eigenvalue weighted by molar-refractivity contribution is 5.81. The van der Waals surface area contributed by atoms with Gasteiger partial charge in [-0.3, -0.25) is 9.69 Å². The van der Waals surface area contributed by atoms with Gasteiger partial charge in [0.2, 0.25) is 5.91 Å². The van der Waals surface area contributed by atoms with E-state index in [1.165, 1.54) is 0 Å². The number of rotatable bonds is 3. The maximum atomic E-state index is 11.6. The first-order chi connectivity index (χ1) is 7.00. The smallest absolute Gasteiger partial charge is 0.225 e. The van der Waals surface area contributed by atoms with E-state index in [9.17, 15) is 4.79 Å². The van der Waals surface area contributed by atoms with E-state index in [-0.39, 0.29) is 11.3 Å². The molecule has 0 aromatic carbocycles. The summed E-state index contributed by atoms with van der Waals surface area (Å²) in [5.74, 6) is 0.137. The van der Waals surface area contributed by atoms with Gasteiger partial charge in [0.25, 0.3) is 0 Å². The van der Waals surface area contributed by atoms with Crippen molar-refractivity contribution in [3.63, 3.8) is 0 Å². The van der Waals surface area contributed by atoms with E-state index in [1.807, 2.05) is 20.8 Å². The SMILES string of the molecule is CC(C)(C)C(=O)NCCN1CCNCC1. The Bertz CT molecular complexity index is 204. The number of amides is 1. The lowest BCUT2D eigenvalue weighted by Crippen LogP contribution is -2.47. The van der Waals surface area contributed by atoms with E-state index in [0.717, 1.165) is 39.3 Å². The van der Waals surface area contributed by atoms with E-state index in [1.54, 1.807) is 0 Å². The number of hydrogen-bond donors (Lipinski definition) is 2. The highest BCUT2D eigenvalue weighted by atomic mass is 16.2. The Morgan fingerprint density at radius 2 is 1.93 bits per heavy atom. The maximum Gasteiger partial charge on any atom is 0.225 e. The van der Waals surface area contributed by atoms with Crippen LogP contribution in [0.5, 0.6) is 0 Å². The van der Waals surface area contributed by atoms with Crippen molar-refractivity contribution in [1.29, 1.82) is 0 Å². The van der Waals surface area contributed by atoms with Crippen LogP contribution in [0.25, 0.3) is 0 Å². The van der Waals surface area contributed by atoms with Crippen molar-refractivity contribution in [2.24, 2.45) is 5.41 Å². The molecule has 0 bridgehead atoms. The Hall–Kier alpha value is -0.610. The molecule has 0 saturated carbocycles. The molecule has 0 aromatic rings. The van der Waals surface area contributed by atoms with Crippen LogP contribution in [-0.4, -0.2) is 50.1 Å². The summed E-state index contributed by atoms with van der Waals surface area (Å²) in [6.45, 7) is 11.8. The fraction of sp³-hybridized carbons (Fsp3) is 0.909. The van der Waals surface area contributed by atoms with Gasteiger partial charge in [-0.2, -0.15) is 0 Å². The second-order valence-corrected chi connectivity index (χ2v) is 5.10. The molecule has 0 radical (unpaired) electrons. The molecule has 15 heavy (non-hydrogen) atoms. The summed E-state index contributed by atoms with van der Waals surface area (Å²) in [7, 11) is 0. The van der Waals surface area contributed by atoms with Crippen LogP contribution in [0.4, 0.5) is 0 Å². The number of carbonyl (C=O) groups is 1. The second kappa shape index (κ2) is 5.47. The normalized spacial score (nSPS) is 18.9. The standard InChI is InChI=1S/C11H23N3O/c1-11(2,3)10(15)13-6-9-14-7-4-12-5-8-14/h12H,4-9H2,1-3H3,(H,13,15). The molecule has 0 spiro atoms. The predicted octanol–water partition coefficient (Wildman–Crippen LogP) is 0.0539. The lowest BCUT2D eigenvalue weighted by atomic mass is 9.96. The predicted molar refractivity (Wildman–Crippen MR) is 61.8 cm³/mol. The molecule has 4 heteroatoms. The Morgan fingerprint density at radius 3 is 2.47 bits per heavy atom. The Kier molecular flexibility index (Phi) is 4.54. The summed E-state index contributed by atoms with van der Waals surface area (Å²) in [5, 5.41) is 6.28. The van der Waals surface area contributed by atoms with Crippen LogP contribution in [-0.2, 0) is 4.79 Å². The number of hydrogen-bond acceptors (Lipinski definition) is 3. The fourth-order valence-electron chi connectivity index (χ4n) is 1.53. The van der Waals surface area contributed by atoms with Gasteiger partial charge in [0.05, 0.1) is 0 Å².